The van der Waals surface area contributed by atoms with E-state index in [-0.39, 0.29) is 28.3 Å². The maximum Gasteiger partial charge on any atom is 0.227 e. The lowest BCUT2D eigenvalue weighted by Crippen LogP contribution is -2.01. The molecule has 1 aromatic carbocycles. The first kappa shape index (κ1) is 14.2. The molecular weight excluding hydrogens is 281 g/mol. The van der Waals surface area contributed by atoms with Gasteiger partial charge in [-0.3, -0.25) is 0 Å². The van der Waals surface area contributed by atoms with Crippen molar-refractivity contribution in [1.29, 1.82) is 5.26 Å². The van der Waals surface area contributed by atoms with Gasteiger partial charge in [0.1, 0.15) is 34.7 Å². The van der Waals surface area contributed by atoms with Crippen molar-refractivity contribution in [3.05, 3.63) is 46.6 Å². The Morgan fingerprint density at radius 3 is 2.75 bits per heavy atom. The molecule has 2 rings (SSSR count). The van der Waals surface area contributed by atoms with Crippen molar-refractivity contribution in [3.8, 4) is 17.7 Å². The summed E-state index contributed by atoms with van der Waals surface area (Å²) in [5.74, 6) is -0.291. The standard InChI is InChI=1S/C14H11ClFN3O/c1-8(2)12-13(15)18-7-19-14(12)20-11-5-3-4-10(16)9(11)6-17/h3-5,7-8H,1-2H3. The molecule has 0 N–H and O–H groups in total. The van der Waals surface area contributed by atoms with E-state index in [0.717, 1.165) is 0 Å². The second-order valence-electron chi connectivity index (χ2n) is 4.36. The molecule has 0 atom stereocenters. The topological polar surface area (TPSA) is 58.8 Å². The zero-order valence-electron chi connectivity index (χ0n) is 10.9. The summed E-state index contributed by atoms with van der Waals surface area (Å²) in [6, 6.07) is 5.93. The highest BCUT2D eigenvalue weighted by Gasteiger charge is 2.17. The number of hydrogen-bond donors (Lipinski definition) is 0. The number of aromatic nitrogens is 2. The summed E-state index contributed by atoms with van der Waals surface area (Å²) in [5, 5.41) is 9.26. The van der Waals surface area contributed by atoms with E-state index < -0.39 is 5.82 Å². The average Bonchev–Trinajstić information content (AvgIpc) is 2.38. The van der Waals surface area contributed by atoms with Gasteiger partial charge in [-0.2, -0.15) is 5.26 Å². The molecule has 2 aromatic rings. The minimum atomic E-state index is -0.642. The average molecular weight is 292 g/mol. The fraction of sp³-hybridized carbons (Fsp3) is 0.214. The molecule has 0 aliphatic rings. The van der Waals surface area contributed by atoms with E-state index >= 15 is 0 Å². The highest BCUT2D eigenvalue weighted by Crippen LogP contribution is 2.34. The lowest BCUT2D eigenvalue weighted by atomic mass is 10.1. The van der Waals surface area contributed by atoms with Crippen molar-refractivity contribution in [3.63, 3.8) is 0 Å². The third kappa shape index (κ3) is 2.70. The van der Waals surface area contributed by atoms with Gasteiger partial charge in [0.2, 0.25) is 5.88 Å². The summed E-state index contributed by atoms with van der Waals surface area (Å²) in [7, 11) is 0. The smallest absolute Gasteiger partial charge is 0.227 e. The highest BCUT2D eigenvalue weighted by molar-refractivity contribution is 6.30. The van der Waals surface area contributed by atoms with E-state index in [1.807, 2.05) is 13.8 Å². The predicted molar refractivity (Wildman–Crippen MR) is 72.3 cm³/mol. The third-order valence-corrected chi connectivity index (χ3v) is 2.97. The molecular formula is C14H11ClFN3O. The zero-order chi connectivity index (χ0) is 14.7. The van der Waals surface area contributed by atoms with E-state index in [4.69, 9.17) is 21.6 Å². The number of hydrogen-bond acceptors (Lipinski definition) is 4. The van der Waals surface area contributed by atoms with E-state index in [1.165, 1.54) is 24.5 Å². The van der Waals surface area contributed by atoms with Crippen LogP contribution < -0.4 is 4.74 Å². The fourth-order valence-electron chi connectivity index (χ4n) is 1.73. The van der Waals surface area contributed by atoms with Crippen LogP contribution in [0.2, 0.25) is 5.15 Å². The number of nitrogens with zero attached hydrogens (tertiary/aromatic N) is 3. The molecule has 0 bridgehead atoms. The Morgan fingerprint density at radius 1 is 1.35 bits per heavy atom. The Bertz CT molecular complexity index is 683. The Labute approximate surface area is 120 Å². The van der Waals surface area contributed by atoms with Crippen LogP contribution in [0.3, 0.4) is 0 Å². The first-order chi connectivity index (χ1) is 9.54. The van der Waals surface area contributed by atoms with Gasteiger partial charge in [0, 0.05) is 0 Å². The summed E-state index contributed by atoms with van der Waals surface area (Å²) >= 11 is 6.03. The number of ether oxygens (including phenoxy) is 1. The second-order valence-corrected chi connectivity index (χ2v) is 4.72. The highest BCUT2D eigenvalue weighted by atomic mass is 35.5. The molecule has 0 amide bonds. The minimum absolute atomic E-state index is 0.0257. The van der Waals surface area contributed by atoms with Crippen molar-refractivity contribution in [1.82, 2.24) is 9.97 Å². The van der Waals surface area contributed by atoms with Gasteiger partial charge in [0.15, 0.2) is 0 Å². The normalized spacial score (nSPS) is 10.4. The molecule has 0 saturated heterocycles. The van der Waals surface area contributed by atoms with E-state index in [2.05, 4.69) is 9.97 Å². The molecule has 6 heteroatoms. The van der Waals surface area contributed by atoms with Crippen molar-refractivity contribution in [2.45, 2.75) is 19.8 Å². The van der Waals surface area contributed by atoms with Gasteiger partial charge in [0.05, 0.1) is 5.56 Å². The molecule has 0 unspecified atom stereocenters. The first-order valence-corrected chi connectivity index (χ1v) is 6.29. The molecule has 20 heavy (non-hydrogen) atoms. The zero-order valence-corrected chi connectivity index (χ0v) is 11.6. The van der Waals surface area contributed by atoms with Gasteiger partial charge in [0.25, 0.3) is 0 Å². The number of nitriles is 1. The molecule has 1 aromatic heterocycles. The first-order valence-electron chi connectivity index (χ1n) is 5.91. The maximum absolute atomic E-state index is 13.5. The van der Waals surface area contributed by atoms with Gasteiger partial charge >= 0.3 is 0 Å². The molecule has 0 saturated carbocycles. The number of rotatable bonds is 3. The van der Waals surface area contributed by atoms with Crippen LogP contribution in [0.15, 0.2) is 24.5 Å². The van der Waals surface area contributed by atoms with Gasteiger partial charge in [-0.05, 0) is 18.1 Å². The van der Waals surface area contributed by atoms with Crippen molar-refractivity contribution < 1.29 is 9.13 Å². The number of halogens is 2. The Hall–Kier alpha value is -2.19. The SMILES string of the molecule is CC(C)c1c(Cl)ncnc1Oc1cccc(F)c1C#N. The maximum atomic E-state index is 13.5. The summed E-state index contributed by atoms with van der Waals surface area (Å²) in [5.41, 5.74) is 0.444. The largest absolute Gasteiger partial charge is 0.437 e. The quantitative estimate of drug-likeness (QED) is 0.800. The van der Waals surface area contributed by atoms with E-state index in [9.17, 15) is 4.39 Å². The Kier molecular flexibility index (Phi) is 4.16. The van der Waals surface area contributed by atoms with Crippen LogP contribution in [-0.4, -0.2) is 9.97 Å². The summed E-state index contributed by atoms with van der Waals surface area (Å²) in [4.78, 5) is 7.91. The van der Waals surface area contributed by atoms with Crippen LogP contribution in [0, 0.1) is 17.1 Å². The molecule has 0 fully saturated rings. The number of benzene rings is 1. The molecule has 0 aliphatic heterocycles. The van der Waals surface area contributed by atoms with Crippen LogP contribution in [0.25, 0.3) is 0 Å². The monoisotopic (exact) mass is 291 g/mol. The fourth-order valence-corrected chi connectivity index (χ4v) is 2.07. The van der Waals surface area contributed by atoms with Crippen LogP contribution in [0.1, 0.15) is 30.9 Å². The molecule has 1 heterocycles. The minimum Gasteiger partial charge on any atom is -0.437 e. The summed E-state index contributed by atoms with van der Waals surface area (Å²) in [6.45, 7) is 3.82. The van der Waals surface area contributed by atoms with Gasteiger partial charge in [-0.15, -0.1) is 0 Å². The van der Waals surface area contributed by atoms with Gasteiger partial charge < -0.3 is 4.74 Å². The van der Waals surface area contributed by atoms with Crippen molar-refractivity contribution in [2.75, 3.05) is 0 Å². The molecule has 0 spiro atoms. The Balaban J connectivity index is 2.49. The molecule has 0 aliphatic carbocycles. The van der Waals surface area contributed by atoms with Crippen LogP contribution in [0.5, 0.6) is 11.6 Å². The summed E-state index contributed by atoms with van der Waals surface area (Å²) in [6.07, 6.45) is 1.26. The summed E-state index contributed by atoms with van der Waals surface area (Å²) < 4.78 is 19.1. The third-order valence-electron chi connectivity index (χ3n) is 2.67. The van der Waals surface area contributed by atoms with Gasteiger partial charge in [-0.25, -0.2) is 14.4 Å². The molecule has 4 nitrogen and oxygen atoms in total. The lowest BCUT2D eigenvalue weighted by Gasteiger charge is -2.13. The van der Waals surface area contributed by atoms with Gasteiger partial charge in [-0.1, -0.05) is 31.5 Å². The van der Waals surface area contributed by atoms with Crippen molar-refractivity contribution in [2.24, 2.45) is 0 Å². The van der Waals surface area contributed by atoms with E-state index in [0.29, 0.717) is 5.56 Å². The van der Waals surface area contributed by atoms with Crippen LogP contribution in [0.4, 0.5) is 4.39 Å². The van der Waals surface area contributed by atoms with E-state index in [1.54, 1.807) is 6.07 Å². The van der Waals surface area contributed by atoms with Crippen molar-refractivity contribution >= 4 is 11.6 Å². The van der Waals surface area contributed by atoms with Crippen LogP contribution >= 0.6 is 11.6 Å². The molecule has 102 valence electrons. The second kappa shape index (κ2) is 5.85. The lowest BCUT2D eigenvalue weighted by molar-refractivity contribution is 0.445. The van der Waals surface area contributed by atoms with Crippen LogP contribution in [-0.2, 0) is 0 Å². The Morgan fingerprint density at radius 2 is 2.10 bits per heavy atom. The predicted octanol–water partition coefficient (Wildman–Crippen LogP) is 4.06. The molecule has 0 radical (unpaired) electrons.